The summed E-state index contributed by atoms with van der Waals surface area (Å²) in [5.74, 6) is -0.174. The van der Waals surface area contributed by atoms with Crippen molar-refractivity contribution >= 4 is 23.0 Å². The number of nitrogens with one attached hydrogen (secondary N) is 2. The molecule has 0 unspecified atom stereocenters. The number of halogens is 3. The van der Waals surface area contributed by atoms with E-state index in [9.17, 15) is 23.3 Å². The first-order chi connectivity index (χ1) is 13.3. The number of rotatable bonds is 6. The molecule has 0 fully saturated rings. The van der Waals surface area contributed by atoms with E-state index in [1.165, 1.54) is 0 Å². The Morgan fingerprint density at radius 3 is 2.39 bits per heavy atom. The molecule has 28 heavy (non-hydrogen) atoms. The Bertz CT molecular complexity index is 965. The van der Waals surface area contributed by atoms with Gasteiger partial charge < -0.3 is 10.6 Å². The van der Waals surface area contributed by atoms with Gasteiger partial charge in [0, 0.05) is 24.6 Å². The van der Waals surface area contributed by atoms with E-state index in [0.717, 1.165) is 36.2 Å². The number of anilines is 3. The number of alkyl halides is 3. The first-order valence-corrected chi connectivity index (χ1v) is 7.91. The zero-order valence-electron chi connectivity index (χ0n) is 14.1. The van der Waals surface area contributed by atoms with E-state index in [-0.39, 0.29) is 23.9 Å². The number of aromatic nitrogens is 3. The second-order valence-corrected chi connectivity index (χ2v) is 5.59. The summed E-state index contributed by atoms with van der Waals surface area (Å²) >= 11 is 0. The van der Waals surface area contributed by atoms with E-state index in [4.69, 9.17) is 0 Å². The molecule has 2 N–H and O–H groups in total. The fraction of sp³-hybridized carbons (Fsp3) is 0.118. The van der Waals surface area contributed by atoms with Crippen molar-refractivity contribution in [2.45, 2.75) is 12.7 Å². The lowest BCUT2D eigenvalue weighted by atomic mass is 10.2. The van der Waals surface area contributed by atoms with Crippen molar-refractivity contribution in [1.82, 2.24) is 15.0 Å². The van der Waals surface area contributed by atoms with Crippen LogP contribution in [0.15, 0.2) is 55.1 Å². The molecule has 3 aromatic rings. The van der Waals surface area contributed by atoms with Crippen LogP contribution in [0.4, 0.5) is 36.2 Å². The number of hydrogen-bond acceptors (Lipinski definition) is 7. The fourth-order valence-corrected chi connectivity index (χ4v) is 2.34. The zero-order chi connectivity index (χ0) is 20.1. The van der Waals surface area contributed by atoms with Crippen molar-refractivity contribution < 1.29 is 18.1 Å². The third-order valence-electron chi connectivity index (χ3n) is 3.66. The summed E-state index contributed by atoms with van der Waals surface area (Å²) in [7, 11) is 0. The van der Waals surface area contributed by atoms with E-state index in [1.807, 2.05) is 0 Å². The molecule has 0 bridgehead atoms. The molecule has 0 aliphatic carbocycles. The lowest BCUT2D eigenvalue weighted by Crippen LogP contribution is -2.08. The third kappa shape index (κ3) is 4.50. The summed E-state index contributed by atoms with van der Waals surface area (Å²) < 4.78 is 38.0. The molecule has 11 heteroatoms. The molecule has 2 aromatic heterocycles. The van der Waals surface area contributed by atoms with Crippen LogP contribution in [0.2, 0.25) is 0 Å². The van der Waals surface area contributed by atoms with Crippen molar-refractivity contribution in [3.63, 3.8) is 0 Å². The molecule has 0 atom stereocenters. The molecule has 0 spiro atoms. The highest BCUT2D eigenvalue weighted by Crippen LogP contribution is 2.33. The Kier molecular flexibility index (Phi) is 5.34. The molecule has 0 aliphatic heterocycles. The van der Waals surface area contributed by atoms with Crippen LogP contribution < -0.4 is 10.6 Å². The van der Waals surface area contributed by atoms with E-state index < -0.39 is 22.4 Å². The molecule has 0 radical (unpaired) electrons. The quantitative estimate of drug-likeness (QED) is 0.481. The largest absolute Gasteiger partial charge is 0.416 e. The number of benzene rings is 1. The van der Waals surface area contributed by atoms with Gasteiger partial charge in [0.05, 0.1) is 10.5 Å². The van der Waals surface area contributed by atoms with Crippen molar-refractivity contribution in [2.75, 3.05) is 10.6 Å². The molecule has 0 saturated carbocycles. The van der Waals surface area contributed by atoms with E-state index in [1.54, 1.807) is 24.5 Å². The number of hydrogen-bond donors (Lipinski definition) is 2. The summed E-state index contributed by atoms with van der Waals surface area (Å²) in [6, 6.07) is 7.58. The van der Waals surface area contributed by atoms with Gasteiger partial charge in [-0.1, -0.05) is 6.07 Å². The maximum atomic E-state index is 12.7. The maximum absolute atomic E-state index is 12.7. The standard InChI is InChI=1S/C17H13F3N6O2/c18-17(19,20)12-3-5-13(6-4-12)25-16-14(26(27)28)15(23-10-24-16)22-9-11-2-1-7-21-8-11/h1-8,10H,9H2,(H2,22,23,24,25). The summed E-state index contributed by atoms with van der Waals surface area (Å²) in [6.45, 7) is 0.241. The van der Waals surface area contributed by atoms with Gasteiger partial charge in [-0.2, -0.15) is 13.2 Å². The second kappa shape index (κ2) is 7.86. The lowest BCUT2D eigenvalue weighted by molar-refractivity contribution is -0.383. The maximum Gasteiger partial charge on any atom is 0.416 e. The van der Waals surface area contributed by atoms with Crippen molar-refractivity contribution in [3.8, 4) is 0 Å². The molecular formula is C17H13F3N6O2. The molecule has 0 amide bonds. The Balaban J connectivity index is 1.84. The van der Waals surface area contributed by atoms with Gasteiger partial charge in [0.1, 0.15) is 6.33 Å². The van der Waals surface area contributed by atoms with Crippen LogP contribution in [-0.2, 0) is 12.7 Å². The van der Waals surface area contributed by atoms with Gasteiger partial charge in [0.15, 0.2) is 0 Å². The van der Waals surface area contributed by atoms with Gasteiger partial charge in [-0.15, -0.1) is 0 Å². The highest BCUT2D eigenvalue weighted by atomic mass is 19.4. The Morgan fingerprint density at radius 2 is 1.79 bits per heavy atom. The third-order valence-corrected chi connectivity index (χ3v) is 3.66. The number of nitrogens with zero attached hydrogens (tertiary/aromatic N) is 4. The first-order valence-electron chi connectivity index (χ1n) is 7.91. The van der Waals surface area contributed by atoms with Crippen molar-refractivity contribution in [1.29, 1.82) is 0 Å². The Morgan fingerprint density at radius 1 is 1.07 bits per heavy atom. The van der Waals surface area contributed by atoms with Crippen LogP contribution in [0.25, 0.3) is 0 Å². The zero-order valence-corrected chi connectivity index (χ0v) is 14.1. The van der Waals surface area contributed by atoms with Gasteiger partial charge in [-0.3, -0.25) is 15.1 Å². The van der Waals surface area contributed by atoms with Gasteiger partial charge in [0.25, 0.3) is 0 Å². The minimum Gasteiger partial charge on any atom is -0.360 e. The predicted molar refractivity (Wildman–Crippen MR) is 95.0 cm³/mol. The SMILES string of the molecule is O=[N+]([O-])c1c(NCc2cccnc2)ncnc1Nc1ccc(C(F)(F)F)cc1. The number of pyridine rings is 1. The fourth-order valence-electron chi connectivity index (χ4n) is 2.34. The van der Waals surface area contributed by atoms with Crippen LogP contribution in [0.1, 0.15) is 11.1 Å². The van der Waals surface area contributed by atoms with Crippen LogP contribution in [0, 0.1) is 10.1 Å². The van der Waals surface area contributed by atoms with E-state index >= 15 is 0 Å². The van der Waals surface area contributed by atoms with E-state index in [2.05, 4.69) is 25.6 Å². The van der Waals surface area contributed by atoms with Crippen LogP contribution in [0.5, 0.6) is 0 Å². The highest BCUT2D eigenvalue weighted by molar-refractivity contribution is 5.73. The molecular weight excluding hydrogens is 377 g/mol. The van der Waals surface area contributed by atoms with Crippen LogP contribution in [0.3, 0.4) is 0 Å². The predicted octanol–water partition coefficient (Wildman–Crippen LogP) is 4.15. The summed E-state index contributed by atoms with van der Waals surface area (Å²) in [5, 5.41) is 17.0. The highest BCUT2D eigenvalue weighted by Gasteiger charge is 2.30. The number of nitro groups is 1. The first kappa shape index (κ1) is 19.0. The minimum atomic E-state index is -4.47. The van der Waals surface area contributed by atoms with Crippen LogP contribution >= 0.6 is 0 Å². The smallest absolute Gasteiger partial charge is 0.360 e. The molecule has 0 saturated heterocycles. The van der Waals surface area contributed by atoms with Gasteiger partial charge in [-0.05, 0) is 35.9 Å². The van der Waals surface area contributed by atoms with Crippen molar-refractivity contribution in [3.05, 3.63) is 76.4 Å². The van der Waals surface area contributed by atoms with Gasteiger partial charge >= 0.3 is 11.9 Å². The van der Waals surface area contributed by atoms with Gasteiger partial charge in [-0.25, -0.2) is 9.97 Å². The summed E-state index contributed by atoms with van der Waals surface area (Å²) in [4.78, 5) is 22.5. The monoisotopic (exact) mass is 390 g/mol. The van der Waals surface area contributed by atoms with Gasteiger partial charge in [0.2, 0.25) is 11.6 Å². The summed E-state index contributed by atoms with van der Waals surface area (Å²) in [5.41, 5.74) is -0.249. The van der Waals surface area contributed by atoms with E-state index in [0.29, 0.717) is 0 Å². The average Bonchev–Trinajstić information content (AvgIpc) is 2.67. The molecule has 144 valence electrons. The Labute approximate surface area is 156 Å². The molecule has 1 aromatic carbocycles. The normalized spacial score (nSPS) is 11.1. The summed E-state index contributed by atoms with van der Waals surface area (Å²) in [6.07, 6.45) is -0.155. The molecule has 3 rings (SSSR count). The molecule has 0 aliphatic rings. The Hall–Kier alpha value is -3.76. The lowest BCUT2D eigenvalue weighted by Gasteiger charge is -2.11. The molecule has 2 heterocycles. The minimum absolute atomic E-state index is 0.0294. The average molecular weight is 390 g/mol. The second-order valence-electron chi connectivity index (χ2n) is 5.59. The van der Waals surface area contributed by atoms with Crippen LogP contribution in [-0.4, -0.2) is 19.9 Å². The topological polar surface area (TPSA) is 106 Å². The molecule has 8 nitrogen and oxygen atoms in total. The van der Waals surface area contributed by atoms with Crippen molar-refractivity contribution in [2.24, 2.45) is 0 Å².